The van der Waals surface area contributed by atoms with Crippen molar-refractivity contribution in [1.29, 1.82) is 0 Å². The molecule has 24 heavy (non-hydrogen) atoms. The zero-order chi connectivity index (χ0) is 16.7. The van der Waals surface area contributed by atoms with Crippen LogP contribution in [0.3, 0.4) is 0 Å². The molecule has 0 fully saturated rings. The van der Waals surface area contributed by atoms with Crippen LogP contribution in [-0.2, 0) is 0 Å². The first kappa shape index (κ1) is 15.3. The lowest BCUT2D eigenvalue weighted by Crippen LogP contribution is -2.12. The van der Waals surface area contributed by atoms with Gasteiger partial charge < -0.3 is 4.90 Å². The summed E-state index contributed by atoms with van der Waals surface area (Å²) in [6, 6.07) is 20.9. The molecule has 0 bridgehead atoms. The van der Waals surface area contributed by atoms with Gasteiger partial charge in [-0.3, -0.25) is 0 Å². The van der Waals surface area contributed by atoms with E-state index in [-0.39, 0.29) is 5.82 Å². The first-order chi connectivity index (χ1) is 11.6. The van der Waals surface area contributed by atoms with Crippen LogP contribution < -0.4 is 4.90 Å². The third-order valence-corrected chi connectivity index (χ3v) is 4.84. The van der Waals surface area contributed by atoms with E-state index in [1.807, 2.05) is 19.2 Å². The zero-order valence-electron chi connectivity index (χ0n) is 13.0. The Morgan fingerprint density at radius 3 is 2.46 bits per heavy atom. The maximum Gasteiger partial charge on any atom is 0.123 e. The molecule has 0 aromatic heterocycles. The number of rotatable bonds is 1. The maximum atomic E-state index is 13.3. The number of benzene rings is 3. The molecular weight excluding hydrogens is 414 g/mol. The van der Waals surface area contributed by atoms with E-state index in [9.17, 15) is 4.39 Å². The average Bonchev–Trinajstić information content (AvgIpc) is 2.71. The summed E-state index contributed by atoms with van der Waals surface area (Å²) in [6.45, 7) is 0. The molecule has 0 unspecified atom stereocenters. The fourth-order valence-electron chi connectivity index (χ4n) is 2.97. The van der Waals surface area contributed by atoms with E-state index in [4.69, 9.17) is 4.99 Å². The minimum atomic E-state index is -0.242. The van der Waals surface area contributed by atoms with Gasteiger partial charge in [-0.2, -0.15) is 0 Å². The lowest BCUT2D eigenvalue weighted by atomic mass is 10.0. The number of fused-ring (bicyclic) bond motifs is 2. The van der Waals surface area contributed by atoms with Crippen molar-refractivity contribution in [2.75, 3.05) is 11.9 Å². The van der Waals surface area contributed by atoms with Crippen molar-refractivity contribution in [1.82, 2.24) is 0 Å². The number of para-hydroxylation sites is 1. The fourth-order valence-corrected chi connectivity index (χ4v) is 3.45. The summed E-state index contributed by atoms with van der Waals surface area (Å²) in [4.78, 5) is 7.09. The number of nitrogens with zero attached hydrogens (tertiary/aromatic N) is 2. The Labute approximate surface area is 153 Å². The number of hydrogen-bond acceptors (Lipinski definition) is 2. The van der Waals surface area contributed by atoms with Gasteiger partial charge in [0.1, 0.15) is 5.82 Å². The number of anilines is 2. The molecule has 0 saturated heterocycles. The van der Waals surface area contributed by atoms with Crippen molar-refractivity contribution < 1.29 is 4.39 Å². The first-order valence-corrected chi connectivity index (χ1v) is 8.69. The van der Waals surface area contributed by atoms with Crippen LogP contribution in [-0.4, -0.2) is 12.8 Å². The summed E-state index contributed by atoms with van der Waals surface area (Å²) < 4.78 is 14.5. The number of halogens is 2. The van der Waals surface area contributed by atoms with Crippen molar-refractivity contribution in [2.45, 2.75) is 0 Å². The maximum absolute atomic E-state index is 13.3. The highest BCUT2D eigenvalue weighted by molar-refractivity contribution is 14.1. The van der Waals surface area contributed by atoms with Crippen LogP contribution >= 0.6 is 22.6 Å². The third-order valence-electron chi connectivity index (χ3n) is 4.17. The average molecular weight is 428 g/mol. The van der Waals surface area contributed by atoms with Crippen molar-refractivity contribution in [2.24, 2.45) is 4.99 Å². The summed E-state index contributed by atoms with van der Waals surface area (Å²) in [5.41, 5.74) is 5.86. The quantitative estimate of drug-likeness (QED) is 0.456. The SMILES string of the molecule is CN1c2ccc(I)cc2N=C(c2ccc(F)cc2)c2ccccc21. The van der Waals surface area contributed by atoms with Crippen LogP contribution in [0.25, 0.3) is 0 Å². The Kier molecular flexibility index (Phi) is 3.84. The smallest absolute Gasteiger partial charge is 0.123 e. The summed E-state index contributed by atoms with van der Waals surface area (Å²) in [5.74, 6) is -0.242. The molecule has 0 saturated carbocycles. The molecule has 0 aliphatic carbocycles. The van der Waals surface area contributed by atoms with Gasteiger partial charge in [0.15, 0.2) is 0 Å². The predicted octanol–water partition coefficient (Wildman–Crippen LogP) is 5.68. The number of aliphatic imine (C=N–C) groups is 1. The van der Waals surface area contributed by atoms with Gasteiger partial charge >= 0.3 is 0 Å². The minimum Gasteiger partial charge on any atom is -0.342 e. The summed E-state index contributed by atoms with van der Waals surface area (Å²) in [7, 11) is 2.05. The van der Waals surface area contributed by atoms with E-state index in [2.05, 4.69) is 57.8 Å². The third kappa shape index (κ3) is 2.60. The Bertz CT molecular complexity index is 948. The van der Waals surface area contributed by atoms with Crippen molar-refractivity contribution in [3.8, 4) is 0 Å². The predicted molar refractivity (Wildman–Crippen MR) is 105 cm³/mol. The minimum absolute atomic E-state index is 0.242. The Morgan fingerprint density at radius 1 is 0.917 bits per heavy atom. The van der Waals surface area contributed by atoms with Gasteiger partial charge in [-0.1, -0.05) is 18.2 Å². The van der Waals surface area contributed by atoms with E-state index in [0.717, 1.165) is 37.5 Å². The Balaban J connectivity index is 2.02. The summed E-state index contributed by atoms with van der Waals surface area (Å²) in [6.07, 6.45) is 0. The van der Waals surface area contributed by atoms with Crippen LogP contribution in [0.4, 0.5) is 21.5 Å². The van der Waals surface area contributed by atoms with E-state index in [1.165, 1.54) is 12.1 Å². The second-order valence-corrected chi connectivity index (χ2v) is 6.92. The van der Waals surface area contributed by atoms with Crippen LogP contribution in [0.2, 0.25) is 0 Å². The molecule has 1 aliphatic heterocycles. The first-order valence-electron chi connectivity index (χ1n) is 7.61. The largest absolute Gasteiger partial charge is 0.342 e. The molecule has 1 heterocycles. The van der Waals surface area contributed by atoms with Crippen LogP contribution in [0.1, 0.15) is 11.1 Å². The molecule has 0 N–H and O–H groups in total. The molecule has 2 nitrogen and oxygen atoms in total. The molecule has 0 amide bonds. The van der Waals surface area contributed by atoms with Gasteiger partial charge in [0.25, 0.3) is 0 Å². The molecule has 4 heteroatoms. The lowest BCUT2D eigenvalue weighted by molar-refractivity contribution is 0.628. The van der Waals surface area contributed by atoms with Crippen LogP contribution in [0, 0.1) is 9.39 Å². The lowest BCUT2D eigenvalue weighted by Gasteiger charge is -2.21. The van der Waals surface area contributed by atoms with Gasteiger partial charge in [0.2, 0.25) is 0 Å². The zero-order valence-corrected chi connectivity index (χ0v) is 15.2. The highest BCUT2D eigenvalue weighted by Gasteiger charge is 2.21. The molecule has 0 radical (unpaired) electrons. The van der Waals surface area contributed by atoms with Gasteiger partial charge in [0.05, 0.1) is 22.8 Å². The molecule has 0 spiro atoms. The van der Waals surface area contributed by atoms with Crippen molar-refractivity contribution in [3.63, 3.8) is 0 Å². The molecule has 4 rings (SSSR count). The standard InChI is InChI=1S/C20H14FIN2/c1-24-18-5-3-2-4-16(18)20(13-6-8-14(21)9-7-13)23-17-12-15(22)10-11-19(17)24/h2-12H,1H3. The topological polar surface area (TPSA) is 15.6 Å². The van der Waals surface area contributed by atoms with Crippen molar-refractivity contribution in [3.05, 3.63) is 87.2 Å². The molecule has 0 atom stereocenters. The van der Waals surface area contributed by atoms with Gasteiger partial charge in [-0.05, 0) is 71.1 Å². The van der Waals surface area contributed by atoms with Crippen LogP contribution in [0.5, 0.6) is 0 Å². The van der Waals surface area contributed by atoms with E-state index in [1.54, 1.807) is 12.1 Å². The van der Waals surface area contributed by atoms with E-state index >= 15 is 0 Å². The summed E-state index contributed by atoms with van der Waals surface area (Å²) in [5, 5.41) is 0. The summed E-state index contributed by atoms with van der Waals surface area (Å²) >= 11 is 2.29. The van der Waals surface area contributed by atoms with E-state index in [0.29, 0.717) is 0 Å². The Morgan fingerprint density at radius 2 is 1.67 bits per heavy atom. The second kappa shape index (κ2) is 6.02. The molecule has 3 aromatic carbocycles. The van der Waals surface area contributed by atoms with E-state index < -0.39 is 0 Å². The molecule has 118 valence electrons. The number of hydrogen-bond donors (Lipinski definition) is 0. The van der Waals surface area contributed by atoms with Crippen molar-refractivity contribution >= 4 is 45.4 Å². The molecule has 3 aromatic rings. The van der Waals surface area contributed by atoms with Gasteiger partial charge in [-0.15, -0.1) is 0 Å². The highest BCUT2D eigenvalue weighted by atomic mass is 127. The highest BCUT2D eigenvalue weighted by Crippen LogP contribution is 2.40. The van der Waals surface area contributed by atoms with Gasteiger partial charge in [0, 0.05) is 21.7 Å². The fraction of sp³-hybridized carbons (Fsp3) is 0.0500. The monoisotopic (exact) mass is 428 g/mol. The van der Waals surface area contributed by atoms with Gasteiger partial charge in [-0.25, -0.2) is 9.38 Å². The second-order valence-electron chi connectivity index (χ2n) is 5.68. The molecular formula is C20H14FIN2. The molecule has 1 aliphatic rings. The van der Waals surface area contributed by atoms with Crippen LogP contribution in [0.15, 0.2) is 71.7 Å². The Hall–Kier alpha value is -2.21. The normalized spacial score (nSPS) is 13.0.